The molecule has 0 rings (SSSR count). The standard InChI is InChI=1S/C11H20N2.C2H4O/c1-6-7-8-11(2)13(5)10-9-12(3)4;1-2-3/h6-8H,1-2,9-10H2,3-5H3;2H,1H3/b8-7-;. The molecule has 0 radical (unpaired) electrons. The number of aldehydes is 1. The molecular weight excluding hydrogens is 200 g/mol. The second kappa shape index (κ2) is 11.7. The Labute approximate surface area is 99.7 Å². The van der Waals surface area contributed by atoms with E-state index in [-0.39, 0.29) is 0 Å². The molecule has 0 unspecified atom stereocenters. The molecule has 0 heterocycles. The van der Waals surface area contributed by atoms with Gasteiger partial charge in [0.1, 0.15) is 6.29 Å². The highest BCUT2D eigenvalue weighted by Gasteiger charge is 1.98. The molecule has 0 N–H and O–H groups in total. The van der Waals surface area contributed by atoms with E-state index in [2.05, 4.69) is 37.1 Å². The maximum atomic E-state index is 8.81. The van der Waals surface area contributed by atoms with Gasteiger partial charge in [0, 0.05) is 25.8 Å². The van der Waals surface area contributed by atoms with Gasteiger partial charge in [-0.2, -0.15) is 0 Å². The number of likely N-dealkylation sites (N-methyl/N-ethyl adjacent to an activating group) is 2. The first-order valence-corrected chi connectivity index (χ1v) is 5.23. The van der Waals surface area contributed by atoms with Crippen molar-refractivity contribution in [1.29, 1.82) is 0 Å². The summed E-state index contributed by atoms with van der Waals surface area (Å²) < 4.78 is 0. The van der Waals surface area contributed by atoms with E-state index in [1.807, 2.05) is 19.2 Å². The summed E-state index contributed by atoms with van der Waals surface area (Å²) in [5.41, 5.74) is 1.02. The number of hydrogen-bond donors (Lipinski definition) is 0. The zero-order valence-electron chi connectivity index (χ0n) is 10.9. The Hall–Kier alpha value is -1.35. The van der Waals surface area contributed by atoms with Crippen molar-refractivity contribution in [1.82, 2.24) is 9.80 Å². The minimum atomic E-state index is 0.750. The smallest absolute Gasteiger partial charge is 0.116 e. The molecule has 0 spiro atoms. The van der Waals surface area contributed by atoms with Gasteiger partial charge in [0.15, 0.2) is 0 Å². The molecule has 0 aliphatic carbocycles. The molecule has 0 bridgehead atoms. The number of nitrogens with zero attached hydrogens (tertiary/aromatic N) is 2. The molecule has 16 heavy (non-hydrogen) atoms. The lowest BCUT2D eigenvalue weighted by atomic mass is 10.3. The molecule has 0 aromatic rings. The molecular formula is C13H24N2O. The molecule has 3 nitrogen and oxygen atoms in total. The van der Waals surface area contributed by atoms with E-state index in [1.165, 1.54) is 6.92 Å². The van der Waals surface area contributed by atoms with Crippen molar-refractivity contribution in [3.8, 4) is 0 Å². The normalized spacial score (nSPS) is 9.56. The van der Waals surface area contributed by atoms with E-state index in [1.54, 1.807) is 6.08 Å². The van der Waals surface area contributed by atoms with Gasteiger partial charge < -0.3 is 14.6 Å². The summed E-state index contributed by atoms with van der Waals surface area (Å²) in [6, 6.07) is 0. The van der Waals surface area contributed by atoms with Crippen LogP contribution in [0.4, 0.5) is 0 Å². The van der Waals surface area contributed by atoms with Gasteiger partial charge in [0.2, 0.25) is 0 Å². The Morgan fingerprint density at radius 3 is 2.12 bits per heavy atom. The predicted molar refractivity (Wildman–Crippen MR) is 71.4 cm³/mol. The topological polar surface area (TPSA) is 23.6 Å². The molecule has 0 aromatic carbocycles. The average Bonchev–Trinajstić information content (AvgIpc) is 2.23. The summed E-state index contributed by atoms with van der Waals surface area (Å²) in [7, 11) is 6.17. The lowest BCUT2D eigenvalue weighted by Crippen LogP contribution is -2.27. The van der Waals surface area contributed by atoms with Crippen molar-refractivity contribution in [3.63, 3.8) is 0 Å². The molecule has 0 saturated carbocycles. The van der Waals surface area contributed by atoms with Gasteiger partial charge in [0.05, 0.1) is 0 Å². The Balaban J connectivity index is 0. The fraction of sp³-hybridized carbons (Fsp3) is 0.462. The Morgan fingerprint density at radius 2 is 1.75 bits per heavy atom. The van der Waals surface area contributed by atoms with Gasteiger partial charge in [-0.25, -0.2) is 0 Å². The number of hydrogen-bond acceptors (Lipinski definition) is 3. The molecule has 92 valence electrons. The fourth-order valence-corrected chi connectivity index (χ4v) is 0.800. The highest BCUT2D eigenvalue weighted by atomic mass is 16.1. The molecule has 0 aliphatic rings. The summed E-state index contributed by atoms with van der Waals surface area (Å²) in [5.74, 6) is 0. The van der Waals surface area contributed by atoms with Crippen LogP contribution in [0.3, 0.4) is 0 Å². The summed E-state index contributed by atoms with van der Waals surface area (Å²) in [5, 5.41) is 0. The first-order chi connectivity index (χ1) is 7.49. The van der Waals surface area contributed by atoms with E-state index in [0.717, 1.165) is 25.1 Å². The molecule has 0 aliphatic heterocycles. The van der Waals surface area contributed by atoms with E-state index < -0.39 is 0 Å². The summed E-state index contributed by atoms with van der Waals surface area (Å²) in [6.45, 7) is 11.0. The lowest BCUT2D eigenvalue weighted by molar-refractivity contribution is -0.106. The third-order valence-electron chi connectivity index (χ3n) is 1.80. The van der Waals surface area contributed by atoms with Gasteiger partial charge in [-0.3, -0.25) is 0 Å². The van der Waals surface area contributed by atoms with Crippen LogP contribution in [-0.2, 0) is 4.79 Å². The Kier molecular flexibility index (Phi) is 12.5. The number of rotatable bonds is 6. The van der Waals surface area contributed by atoms with Gasteiger partial charge >= 0.3 is 0 Å². The molecule has 0 amide bonds. The summed E-state index contributed by atoms with van der Waals surface area (Å²) in [6.07, 6.45) is 6.36. The number of allylic oxidation sites excluding steroid dienone is 3. The first-order valence-electron chi connectivity index (χ1n) is 5.23. The van der Waals surface area contributed by atoms with Gasteiger partial charge in [0.25, 0.3) is 0 Å². The molecule has 3 heteroatoms. The maximum absolute atomic E-state index is 8.81. The van der Waals surface area contributed by atoms with Crippen LogP contribution in [0.5, 0.6) is 0 Å². The quantitative estimate of drug-likeness (QED) is 0.509. The van der Waals surface area contributed by atoms with Crippen molar-refractivity contribution in [2.45, 2.75) is 6.92 Å². The minimum Gasteiger partial charge on any atom is -0.374 e. The minimum absolute atomic E-state index is 0.750. The number of carbonyl (C=O) groups is 1. The Morgan fingerprint density at radius 1 is 1.25 bits per heavy atom. The van der Waals surface area contributed by atoms with Crippen LogP contribution in [0.25, 0.3) is 0 Å². The lowest BCUT2D eigenvalue weighted by Gasteiger charge is -2.21. The van der Waals surface area contributed by atoms with Crippen LogP contribution in [0, 0.1) is 0 Å². The fourth-order valence-electron chi connectivity index (χ4n) is 0.800. The molecule has 0 atom stereocenters. The highest BCUT2D eigenvalue weighted by molar-refractivity contribution is 5.44. The van der Waals surface area contributed by atoms with Gasteiger partial charge in [-0.05, 0) is 27.1 Å². The largest absolute Gasteiger partial charge is 0.374 e. The first kappa shape index (κ1) is 17.1. The van der Waals surface area contributed by atoms with Crippen LogP contribution in [0.2, 0.25) is 0 Å². The molecule has 0 aromatic heterocycles. The van der Waals surface area contributed by atoms with Crippen molar-refractivity contribution < 1.29 is 4.79 Å². The second-order valence-corrected chi connectivity index (χ2v) is 3.55. The van der Waals surface area contributed by atoms with E-state index in [9.17, 15) is 0 Å². The number of carbonyl (C=O) groups excluding carboxylic acids is 1. The van der Waals surface area contributed by atoms with Crippen molar-refractivity contribution in [2.24, 2.45) is 0 Å². The van der Waals surface area contributed by atoms with Crippen molar-refractivity contribution in [3.05, 3.63) is 37.1 Å². The van der Waals surface area contributed by atoms with Gasteiger partial charge in [-0.1, -0.05) is 25.3 Å². The predicted octanol–water partition coefficient (Wildman–Crippen LogP) is 1.94. The van der Waals surface area contributed by atoms with Crippen molar-refractivity contribution >= 4 is 6.29 Å². The molecule has 0 saturated heterocycles. The molecule has 0 fully saturated rings. The average molecular weight is 224 g/mol. The van der Waals surface area contributed by atoms with Crippen LogP contribution in [-0.4, -0.2) is 50.3 Å². The SMILES string of the molecule is C=C/C=C\C(=C)N(C)CCN(C)C.CC=O. The summed E-state index contributed by atoms with van der Waals surface area (Å²) >= 11 is 0. The zero-order valence-corrected chi connectivity index (χ0v) is 10.9. The third kappa shape index (κ3) is 12.7. The second-order valence-electron chi connectivity index (χ2n) is 3.55. The maximum Gasteiger partial charge on any atom is 0.116 e. The van der Waals surface area contributed by atoms with Crippen LogP contribution >= 0.6 is 0 Å². The van der Waals surface area contributed by atoms with Crippen LogP contribution in [0.1, 0.15) is 6.92 Å². The Bertz CT molecular complexity index is 232. The van der Waals surface area contributed by atoms with Crippen LogP contribution in [0.15, 0.2) is 37.1 Å². The monoisotopic (exact) mass is 224 g/mol. The highest BCUT2D eigenvalue weighted by Crippen LogP contribution is 1.99. The third-order valence-corrected chi connectivity index (χ3v) is 1.80. The van der Waals surface area contributed by atoms with Crippen molar-refractivity contribution in [2.75, 3.05) is 34.2 Å². The van der Waals surface area contributed by atoms with Gasteiger partial charge in [-0.15, -0.1) is 0 Å². The van der Waals surface area contributed by atoms with Crippen LogP contribution < -0.4 is 0 Å². The van der Waals surface area contributed by atoms with E-state index in [4.69, 9.17) is 4.79 Å². The van der Waals surface area contributed by atoms with E-state index >= 15 is 0 Å². The zero-order chi connectivity index (χ0) is 13.0. The summed E-state index contributed by atoms with van der Waals surface area (Å²) in [4.78, 5) is 13.1. The van der Waals surface area contributed by atoms with E-state index in [0.29, 0.717) is 0 Å².